The molecule has 2 heterocycles. The summed E-state index contributed by atoms with van der Waals surface area (Å²) in [6.45, 7) is 0.888. The summed E-state index contributed by atoms with van der Waals surface area (Å²) in [5, 5.41) is 2.34. The number of nitrogens with zero attached hydrogens (tertiary/aromatic N) is 2. The number of fused-ring (bicyclic) bond motifs is 1. The van der Waals surface area contributed by atoms with E-state index in [-0.39, 0.29) is 18.4 Å². The Bertz CT molecular complexity index is 682. The summed E-state index contributed by atoms with van der Waals surface area (Å²) < 4.78 is 0. The second kappa shape index (κ2) is 5.88. The summed E-state index contributed by atoms with van der Waals surface area (Å²) in [5.74, 6) is -0.145. The maximum absolute atomic E-state index is 12.2. The van der Waals surface area contributed by atoms with E-state index in [1.54, 1.807) is 11.2 Å². The van der Waals surface area contributed by atoms with E-state index in [2.05, 4.69) is 15.3 Å². The topological polar surface area (TPSA) is 104 Å². The zero-order chi connectivity index (χ0) is 15.5. The summed E-state index contributed by atoms with van der Waals surface area (Å²) in [5.41, 5.74) is 8.01. The van der Waals surface area contributed by atoms with Crippen LogP contribution in [0.1, 0.15) is 22.9 Å². The Kier molecular flexibility index (Phi) is 3.78. The fourth-order valence-corrected chi connectivity index (χ4v) is 2.73. The van der Waals surface area contributed by atoms with Gasteiger partial charge in [-0.2, -0.15) is 0 Å². The van der Waals surface area contributed by atoms with Crippen LogP contribution in [0.15, 0.2) is 36.7 Å². The van der Waals surface area contributed by atoms with Crippen LogP contribution in [-0.4, -0.2) is 39.9 Å². The maximum atomic E-state index is 12.2. The number of carbonyl (C=O) groups excluding carboxylic acids is 2. The molecule has 1 aliphatic heterocycles. The van der Waals surface area contributed by atoms with Crippen LogP contribution in [0.3, 0.4) is 0 Å². The highest BCUT2D eigenvalue weighted by atomic mass is 16.2. The van der Waals surface area contributed by atoms with Crippen molar-refractivity contribution >= 4 is 11.9 Å². The highest BCUT2D eigenvalue weighted by Crippen LogP contribution is 2.31. The van der Waals surface area contributed by atoms with Crippen molar-refractivity contribution in [3.8, 4) is 0 Å². The first-order chi connectivity index (χ1) is 10.6. The van der Waals surface area contributed by atoms with Crippen LogP contribution in [0.4, 0.5) is 4.79 Å². The number of hydrogen-bond acceptors (Lipinski definition) is 3. The van der Waals surface area contributed by atoms with Crippen LogP contribution in [0.25, 0.3) is 0 Å². The standard InChI is InChI=1S/C15H17N5O2/c16-15(22)17-6-13(21)20-7-11(10-4-2-1-3-5-10)14-12(8-20)18-9-19-14/h1-5,9,11H,6-8H2,(H,18,19)(H3,16,17,22). The average molecular weight is 299 g/mol. The Labute approximate surface area is 127 Å². The lowest BCUT2D eigenvalue weighted by atomic mass is 9.91. The van der Waals surface area contributed by atoms with Crippen LogP contribution in [-0.2, 0) is 11.3 Å². The van der Waals surface area contributed by atoms with Gasteiger partial charge in [-0.25, -0.2) is 9.78 Å². The van der Waals surface area contributed by atoms with Crippen molar-refractivity contribution in [2.45, 2.75) is 12.5 Å². The molecule has 114 valence electrons. The highest BCUT2D eigenvalue weighted by Gasteiger charge is 2.31. The minimum absolute atomic E-state index is 0.0220. The van der Waals surface area contributed by atoms with Crippen molar-refractivity contribution in [3.63, 3.8) is 0 Å². The largest absolute Gasteiger partial charge is 0.352 e. The molecule has 7 heteroatoms. The minimum Gasteiger partial charge on any atom is -0.352 e. The number of nitrogens with one attached hydrogen (secondary N) is 2. The summed E-state index contributed by atoms with van der Waals surface area (Å²) in [6.07, 6.45) is 1.65. The molecule has 0 saturated heterocycles. The van der Waals surface area contributed by atoms with Crippen molar-refractivity contribution < 1.29 is 9.59 Å². The van der Waals surface area contributed by atoms with Crippen LogP contribution in [0, 0.1) is 0 Å². The van der Waals surface area contributed by atoms with E-state index in [4.69, 9.17) is 5.73 Å². The number of urea groups is 1. The van der Waals surface area contributed by atoms with E-state index in [0.717, 1.165) is 17.0 Å². The number of benzene rings is 1. The fraction of sp³-hybridized carbons (Fsp3) is 0.267. The molecule has 0 radical (unpaired) electrons. The SMILES string of the molecule is NC(=O)NCC(=O)N1Cc2[nH]cnc2C(c2ccccc2)C1. The summed E-state index contributed by atoms with van der Waals surface area (Å²) in [6, 6.07) is 9.25. The van der Waals surface area contributed by atoms with Crippen LogP contribution < -0.4 is 11.1 Å². The molecule has 2 aromatic rings. The first-order valence-electron chi connectivity index (χ1n) is 7.03. The molecule has 0 spiro atoms. The van der Waals surface area contributed by atoms with Crippen LogP contribution >= 0.6 is 0 Å². The lowest BCUT2D eigenvalue weighted by Crippen LogP contribution is -2.45. The van der Waals surface area contributed by atoms with Gasteiger partial charge in [0.15, 0.2) is 0 Å². The van der Waals surface area contributed by atoms with E-state index in [9.17, 15) is 9.59 Å². The summed E-state index contributed by atoms with van der Waals surface area (Å²) in [7, 11) is 0. The van der Waals surface area contributed by atoms with E-state index in [1.165, 1.54) is 0 Å². The normalized spacial score (nSPS) is 16.9. The van der Waals surface area contributed by atoms with Gasteiger partial charge in [-0.3, -0.25) is 4.79 Å². The van der Waals surface area contributed by atoms with Crippen molar-refractivity contribution in [2.75, 3.05) is 13.1 Å². The smallest absolute Gasteiger partial charge is 0.312 e. The van der Waals surface area contributed by atoms with Gasteiger partial charge in [0.25, 0.3) is 0 Å². The maximum Gasteiger partial charge on any atom is 0.312 e. The molecule has 0 bridgehead atoms. The first-order valence-corrected chi connectivity index (χ1v) is 7.03. The molecule has 1 atom stereocenters. The quantitative estimate of drug-likeness (QED) is 0.771. The van der Waals surface area contributed by atoms with Crippen molar-refractivity contribution in [1.29, 1.82) is 0 Å². The molecule has 1 unspecified atom stereocenters. The molecule has 3 amide bonds. The number of carbonyl (C=O) groups is 2. The second-order valence-corrected chi connectivity index (χ2v) is 5.22. The number of rotatable bonds is 3. The van der Waals surface area contributed by atoms with Gasteiger partial charge < -0.3 is 20.9 Å². The van der Waals surface area contributed by atoms with Crippen LogP contribution in [0.2, 0.25) is 0 Å². The number of amides is 3. The molecule has 0 saturated carbocycles. The second-order valence-electron chi connectivity index (χ2n) is 5.22. The Morgan fingerprint density at radius 1 is 1.36 bits per heavy atom. The molecule has 0 aliphatic carbocycles. The molecule has 7 nitrogen and oxygen atoms in total. The van der Waals surface area contributed by atoms with Gasteiger partial charge >= 0.3 is 6.03 Å². The fourth-order valence-electron chi connectivity index (χ4n) is 2.73. The molecule has 22 heavy (non-hydrogen) atoms. The number of aromatic amines is 1. The third-order valence-electron chi connectivity index (χ3n) is 3.80. The van der Waals surface area contributed by atoms with E-state index in [0.29, 0.717) is 13.1 Å². The average Bonchev–Trinajstić information content (AvgIpc) is 3.00. The van der Waals surface area contributed by atoms with Crippen molar-refractivity contribution in [3.05, 3.63) is 53.6 Å². The minimum atomic E-state index is -0.702. The molecule has 4 N–H and O–H groups in total. The number of primary amides is 1. The molecular weight excluding hydrogens is 282 g/mol. The molecule has 1 aromatic carbocycles. The van der Waals surface area contributed by atoms with Gasteiger partial charge in [-0.15, -0.1) is 0 Å². The lowest BCUT2D eigenvalue weighted by molar-refractivity contribution is -0.131. The number of hydrogen-bond donors (Lipinski definition) is 3. The molecule has 1 aliphatic rings. The Hall–Kier alpha value is -2.83. The lowest BCUT2D eigenvalue weighted by Gasteiger charge is -2.32. The molecular formula is C15H17N5O2. The highest BCUT2D eigenvalue weighted by molar-refractivity contribution is 5.83. The zero-order valence-electron chi connectivity index (χ0n) is 12.0. The molecule has 0 fully saturated rings. The summed E-state index contributed by atoms with van der Waals surface area (Å²) >= 11 is 0. The zero-order valence-corrected chi connectivity index (χ0v) is 12.0. The van der Waals surface area contributed by atoms with Gasteiger partial charge in [0.05, 0.1) is 30.8 Å². The Balaban J connectivity index is 1.83. The van der Waals surface area contributed by atoms with Crippen molar-refractivity contribution in [1.82, 2.24) is 20.2 Å². The van der Waals surface area contributed by atoms with E-state index < -0.39 is 6.03 Å². The van der Waals surface area contributed by atoms with E-state index >= 15 is 0 Å². The van der Waals surface area contributed by atoms with Crippen LogP contribution in [0.5, 0.6) is 0 Å². The summed E-state index contributed by atoms with van der Waals surface area (Å²) in [4.78, 5) is 32.2. The van der Waals surface area contributed by atoms with Gasteiger partial charge in [-0.1, -0.05) is 30.3 Å². The van der Waals surface area contributed by atoms with E-state index in [1.807, 2.05) is 30.3 Å². The van der Waals surface area contributed by atoms with Gasteiger partial charge in [-0.05, 0) is 5.56 Å². The Morgan fingerprint density at radius 3 is 2.86 bits per heavy atom. The van der Waals surface area contributed by atoms with Gasteiger partial charge in [0, 0.05) is 12.5 Å². The predicted molar refractivity (Wildman–Crippen MR) is 79.9 cm³/mol. The van der Waals surface area contributed by atoms with Gasteiger partial charge in [0.2, 0.25) is 5.91 Å². The third-order valence-corrected chi connectivity index (χ3v) is 3.80. The first kappa shape index (κ1) is 14.1. The number of aromatic nitrogens is 2. The van der Waals surface area contributed by atoms with Crippen molar-refractivity contribution in [2.24, 2.45) is 5.73 Å². The Morgan fingerprint density at radius 2 is 2.14 bits per heavy atom. The number of nitrogens with two attached hydrogens (primary N) is 1. The number of imidazole rings is 1. The molecule has 1 aromatic heterocycles. The monoisotopic (exact) mass is 299 g/mol. The van der Waals surface area contributed by atoms with Gasteiger partial charge in [0.1, 0.15) is 0 Å². The predicted octanol–water partition coefficient (Wildman–Crippen LogP) is 0.552. The number of H-pyrrole nitrogens is 1. The molecule has 3 rings (SSSR count). The third kappa shape index (κ3) is 2.78.